The molecule has 0 spiro atoms. The Morgan fingerprint density at radius 2 is 1.63 bits per heavy atom. The van der Waals surface area contributed by atoms with Gasteiger partial charge in [-0.05, 0) is 42.4 Å². The van der Waals surface area contributed by atoms with Crippen molar-refractivity contribution < 1.29 is 0 Å². The molecule has 0 unspecified atom stereocenters. The number of anilines is 1. The van der Waals surface area contributed by atoms with Gasteiger partial charge in [-0.1, -0.05) is 60.7 Å². The molecule has 0 amide bonds. The minimum absolute atomic E-state index is 0.0278. The average molecular weight is 412 g/mol. The minimum Gasteiger partial charge on any atom is -0.359 e. The number of fused-ring (bicyclic) bond motifs is 2. The van der Waals surface area contributed by atoms with Crippen molar-refractivity contribution in [3.63, 3.8) is 0 Å². The Morgan fingerprint density at radius 3 is 2.27 bits per heavy atom. The van der Waals surface area contributed by atoms with Gasteiger partial charge in [-0.15, -0.1) is 0 Å². The van der Waals surface area contributed by atoms with Gasteiger partial charge >= 0.3 is 0 Å². The maximum atomic E-state index is 5.48. The third kappa shape index (κ3) is 3.25. The molecule has 0 saturated carbocycles. The first kappa shape index (κ1) is 18.5. The van der Waals surface area contributed by atoms with Crippen LogP contribution in [-0.4, -0.2) is 19.5 Å². The number of hydrogen-bond acceptors (Lipinski definition) is 4. The summed E-state index contributed by atoms with van der Waals surface area (Å²) in [6, 6.07) is 24.9. The number of H-pyrrole nitrogens is 1. The van der Waals surface area contributed by atoms with Crippen LogP contribution in [0.3, 0.4) is 0 Å². The SMILES string of the molecule is CCn1c(=S)[nH]c2cc3c(NC(c4ccccc4)c4ccccc4)ncnc3cc21. The molecule has 2 heterocycles. The Hall–Kier alpha value is -3.51. The fraction of sp³-hybridized carbons (Fsp3) is 0.125. The molecule has 148 valence electrons. The van der Waals surface area contributed by atoms with Crippen LogP contribution >= 0.6 is 12.2 Å². The highest BCUT2D eigenvalue weighted by molar-refractivity contribution is 7.71. The Morgan fingerprint density at radius 1 is 0.967 bits per heavy atom. The molecule has 0 radical (unpaired) electrons. The Kier molecular flexibility index (Phi) is 4.77. The lowest BCUT2D eigenvalue weighted by Crippen LogP contribution is -2.13. The topological polar surface area (TPSA) is 58.5 Å². The van der Waals surface area contributed by atoms with E-state index in [1.165, 1.54) is 11.1 Å². The van der Waals surface area contributed by atoms with E-state index >= 15 is 0 Å². The predicted octanol–water partition coefficient (Wildman–Crippen LogP) is 5.86. The Balaban J connectivity index is 1.66. The summed E-state index contributed by atoms with van der Waals surface area (Å²) >= 11 is 5.48. The van der Waals surface area contributed by atoms with Crippen molar-refractivity contribution >= 4 is 40.0 Å². The third-order valence-electron chi connectivity index (χ3n) is 5.39. The van der Waals surface area contributed by atoms with Crippen molar-refractivity contribution in [2.75, 3.05) is 5.32 Å². The summed E-state index contributed by atoms with van der Waals surface area (Å²) in [7, 11) is 0. The lowest BCUT2D eigenvalue weighted by Gasteiger charge is -2.21. The number of aromatic nitrogens is 4. The zero-order valence-electron chi connectivity index (χ0n) is 16.5. The van der Waals surface area contributed by atoms with Crippen LogP contribution < -0.4 is 5.32 Å². The normalized spacial score (nSPS) is 11.4. The summed E-state index contributed by atoms with van der Waals surface area (Å²) in [6.07, 6.45) is 1.61. The summed E-state index contributed by atoms with van der Waals surface area (Å²) in [5, 5.41) is 4.62. The summed E-state index contributed by atoms with van der Waals surface area (Å²) in [4.78, 5) is 12.4. The minimum atomic E-state index is -0.0278. The van der Waals surface area contributed by atoms with Gasteiger partial charge < -0.3 is 14.9 Å². The standard InChI is InChI=1S/C24H21N5S/c1-2-29-21-14-19-18(13-20(21)27-24(29)30)23(26-15-25-19)28-22(16-9-5-3-6-10-16)17-11-7-4-8-12-17/h3-15,22H,2H2,1H3,(H,27,30)(H,25,26,28). The molecule has 0 atom stereocenters. The fourth-order valence-electron chi connectivity index (χ4n) is 3.92. The average Bonchev–Trinajstić information content (AvgIpc) is 3.11. The van der Waals surface area contributed by atoms with E-state index in [0.29, 0.717) is 0 Å². The van der Waals surface area contributed by atoms with Crippen LogP contribution in [0.2, 0.25) is 0 Å². The molecule has 0 aliphatic heterocycles. The number of aryl methyl sites for hydroxylation is 1. The molecule has 0 aliphatic rings. The maximum Gasteiger partial charge on any atom is 0.178 e. The second-order valence-electron chi connectivity index (χ2n) is 7.18. The van der Waals surface area contributed by atoms with Gasteiger partial charge in [0.25, 0.3) is 0 Å². The molecule has 5 rings (SSSR count). The lowest BCUT2D eigenvalue weighted by atomic mass is 9.98. The molecule has 0 aliphatic carbocycles. The lowest BCUT2D eigenvalue weighted by molar-refractivity contribution is 0.774. The van der Waals surface area contributed by atoms with E-state index in [2.05, 4.69) is 92.4 Å². The summed E-state index contributed by atoms with van der Waals surface area (Å²) in [5.41, 5.74) is 5.28. The van der Waals surface area contributed by atoms with Crippen LogP contribution in [0.4, 0.5) is 5.82 Å². The van der Waals surface area contributed by atoms with Crippen molar-refractivity contribution in [2.24, 2.45) is 0 Å². The summed E-state index contributed by atoms with van der Waals surface area (Å²) in [5.74, 6) is 0.795. The number of aromatic amines is 1. The number of hydrogen-bond donors (Lipinski definition) is 2. The van der Waals surface area contributed by atoms with Gasteiger partial charge in [0.05, 0.1) is 22.6 Å². The molecular weight excluding hydrogens is 390 g/mol. The Bertz CT molecular complexity index is 1330. The van der Waals surface area contributed by atoms with Gasteiger partial charge in [-0.2, -0.15) is 0 Å². The second kappa shape index (κ2) is 7.72. The largest absolute Gasteiger partial charge is 0.359 e. The van der Waals surface area contributed by atoms with Crippen molar-refractivity contribution in [2.45, 2.75) is 19.5 Å². The van der Waals surface area contributed by atoms with Crippen LogP contribution in [0.5, 0.6) is 0 Å². The van der Waals surface area contributed by atoms with Crippen molar-refractivity contribution in [3.8, 4) is 0 Å². The number of imidazole rings is 1. The van der Waals surface area contributed by atoms with E-state index in [-0.39, 0.29) is 6.04 Å². The van der Waals surface area contributed by atoms with Gasteiger partial charge in [0.15, 0.2) is 4.77 Å². The highest BCUT2D eigenvalue weighted by Gasteiger charge is 2.17. The van der Waals surface area contributed by atoms with Crippen LogP contribution in [0.25, 0.3) is 21.9 Å². The predicted molar refractivity (Wildman–Crippen MR) is 124 cm³/mol. The van der Waals surface area contributed by atoms with Gasteiger partial charge in [0.1, 0.15) is 12.1 Å². The number of rotatable bonds is 5. The molecule has 5 nitrogen and oxygen atoms in total. The van der Waals surface area contributed by atoms with Crippen LogP contribution in [0.15, 0.2) is 79.1 Å². The third-order valence-corrected chi connectivity index (χ3v) is 5.72. The Labute approximate surface area is 179 Å². The first-order chi connectivity index (χ1) is 14.7. The molecule has 5 aromatic rings. The highest BCUT2D eigenvalue weighted by Crippen LogP contribution is 2.31. The number of nitrogens with one attached hydrogen (secondary N) is 2. The number of nitrogens with zero attached hydrogens (tertiary/aromatic N) is 3. The van der Waals surface area contributed by atoms with Crippen LogP contribution in [0.1, 0.15) is 24.1 Å². The monoisotopic (exact) mass is 411 g/mol. The molecule has 0 bridgehead atoms. The fourth-order valence-corrected chi connectivity index (χ4v) is 4.26. The molecule has 0 saturated heterocycles. The summed E-state index contributed by atoms with van der Waals surface area (Å²) < 4.78 is 2.80. The molecular formula is C24H21N5S. The summed E-state index contributed by atoms with van der Waals surface area (Å²) in [6.45, 7) is 2.90. The zero-order chi connectivity index (χ0) is 20.5. The van der Waals surface area contributed by atoms with E-state index < -0.39 is 0 Å². The number of benzene rings is 3. The quantitative estimate of drug-likeness (QED) is 0.356. The van der Waals surface area contributed by atoms with Crippen molar-refractivity contribution in [1.82, 2.24) is 19.5 Å². The smallest absolute Gasteiger partial charge is 0.178 e. The first-order valence-electron chi connectivity index (χ1n) is 9.98. The zero-order valence-corrected chi connectivity index (χ0v) is 17.4. The van der Waals surface area contributed by atoms with Crippen LogP contribution in [0, 0.1) is 4.77 Å². The maximum absolute atomic E-state index is 5.48. The van der Waals surface area contributed by atoms with E-state index in [1.54, 1.807) is 6.33 Å². The van der Waals surface area contributed by atoms with E-state index in [1.807, 2.05) is 12.1 Å². The van der Waals surface area contributed by atoms with Gasteiger partial charge in [-0.25, -0.2) is 9.97 Å². The van der Waals surface area contributed by atoms with E-state index in [4.69, 9.17) is 12.2 Å². The van der Waals surface area contributed by atoms with Crippen molar-refractivity contribution in [1.29, 1.82) is 0 Å². The van der Waals surface area contributed by atoms with E-state index in [9.17, 15) is 0 Å². The van der Waals surface area contributed by atoms with Gasteiger partial charge in [0, 0.05) is 11.9 Å². The highest BCUT2D eigenvalue weighted by atomic mass is 32.1. The second-order valence-corrected chi connectivity index (χ2v) is 7.57. The molecule has 2 aromatic heterocycles. The molecule has 6 heteroatoms. The molecule has 30 heavy (non-hydrogen) atoms. The first-order valence-corrected chi connectivity index (χ1v) is 10.4. The van der Waals surface area contributed by atoms with Crippen molar-refractivity contribution in [3.05, 3.63) is 95.0 Å². The van der Waals surface area contributed by atoms with Gasteiger partial charge in [0.2, 0.25) is 0 Å². The van der Waals surface area contributed by atoms with Gasteiger partial charge in [-0.3, -0.25) is 0 Å². The molecule has 2 N–H and O–H groups in total. The van der Waals surface area contributed by atoms with E-state index in [0.717, 1.165) is 39.1 Å². The molecule has 3 aromatic carbocycles. The molecule has 0 fully saturated rings. The van der Waals surface area contributed by atoms with Crippen LogP contribution in [-0.2, 0) is 6.54 Å².